The van der Waals surface area contributed by atoms with E-state index in [9.17, 15) is 14.7 Å². The van der Waals surface area contributed by atoms with Gasteiger partial charge < -0.3 is 10.1 Å². The van der Waals surface area contributed by atoms with Crippen LogP contribution in [0.25, 0.3) is 10.9 Å². The molecule has 2 aromatic rings. The molecular weight excluding hydrogens is 182 g/mol. The van der Waals surface area contributed by atoms with Gasteiger partial charge in [-0.1, -0.05) is 12.1 Å². The summed E-state index contributed by atoms with van der Waals surface area (Å²) in [6.07, 6.45) is 0. The molecular formula is C10H5NO3. The molecule has 1 heterocycles. The van der Waals surface area contributed by atoms with Gasteiger partial charge in [0.2, 0.25) is 0 Å². The Hall–Kier alpha value is -2.10. The van der Waals surface area contributed by atoms with Gasteiger partial charge in [-0.15, -0.1) is 0 Å². The number of ketones is 1. The molecule has 1 aromatic carbocycles. The summed E-state index contributed by atoms with van der Waals surface area (Å²) in [6, 6.07) is 5.08. The summed E-state index contributed by atoms with van der Waals surface area (Å²) in [5, 5.41) is 10.0. The number of aromatic hydroxyl groups is 1. The molecule has 4 nitrogen and oxygen atoms in total. The number of pyridine rings is 1. The summed E-state index contributed by atoms with van der Waals surface area (Å²) >= 11 is 0. The van der Waals surface area contributed by atoms with Gasteiger partial charge in [0.15, 0.2) is 11.5 Å². The zero-order valence-corrected chi connectivity index (χ0v) is 7.00. The van der Waals surface area contributed by atoms with E-state index in [4.69, 9.17) is 0 Å². The predicted molar refractivity (Wildman–Crippen MR) is 49.7 cm³/mol. The van der Waals surface area contributed by atoms with E-state index in [0.717, 1.165) is 0 Å². The molecule has 2 N–H and O–H groups in total. The van der Waals surface area contributed by atoms with Crippen molar-refractivity contribution in [3.05, 3.63) is 39.7 Å². The number of carbonyl (C=O) groups excluding carboxylic acids is 1. The summed E-state index contributed by atoms with van der Waals surface area (Å²) in [5.41, 5.74) is 0.695. The molecule has 1 aliphatic rings. The predicted octanol–water partition coefficient (Wildman–Crippen LogP) is 0.778. The van der Waals surface area contributed by atoms with Gasteiger partial charge in [-0.25, -0.2) is 0 Å². The molecule has 0 unspecified atom stereocenters. The summed E-state index contributed by atoms with van der Waals surface area (Å²) in [6.45, 7) is 0. The maximum Gasteiger partial charge on any atom is 0.291 e. The van der Waals surface area contributed by atoms with Crippen LogP contribution in [0, 0.1) is 0 Å². The van der Waals surface area contributed by atoms with Crippen molar-refractivity contribution in [2.75, 3.05) is 0 Å². The fourth-order valence-corrected chi connectivity index (χ4v) is 1.82. The van der Waals surface area contributed by atoms with Gasteiger partial charge in [-0.3, -0.25) is 9.59 Å². The SMILES string of the molecule is O=C1c2cccc3[nH]c(=O)c(O)c1c23. The second kappa shape index (κ2) is 2.04. The molecule has 14 heavy (non-hydrogen) atoms. The highest BCUT2D eigenvalue weighted by Gasteiger charge is 2.31. The smallest absolute Gasteiger partial charge is 0.291 e. The first-order chi connectivity index (χ1) is 6.70. The van der Waals surface area contributed by atoms with E-state index >= 15 is 0 Å². The van der Waals surface area contributed by atoms with Crippen molar-refractivity contribution in [2.45, 2.75) is 0 Å². The van der Waals surface area contributed by atoms with Gasteiger partial charge in [0, 0.05) is 10.9 Å². The molecule has 4 heteroatoms. The van der Waals surface area contributed by atoms with E-state index in [-0.39, 0.29) is 11.3 Å². The average Bonchev–Trinajstić information content (AvgIpc) is 2.17. The van der Waals surface area contributed by atoms with Crippen molar-refractivity contribution in [1.82, 2.24) is 4.98 Å². The largest absolute Gasteiger partial charge is 0.502 e. The third-order valence-corrected chi connectivity index (χ3v) is 2.49. The molecule has 1 aromatic heterocycles. The van der Waals surface area contributed by atoms with Crippen LogP contribution in [0.4, 0.5) is 0 Å². The van der Waals surface area contributed by atoms with Crippen LogP contribution in [0.2, 0.25) is 0 Å². The topological polar surface area (TPSA) is 70.2 Å². The van der Waals surface area contributed by atoms with Crippen molar-refractivity contribution in [2.24, 2.45) is 0 Å². The summed E-state index contributed by atoms with van der Waals surface area (Å²) in [5.74, 6) is -0.726. The summed E-state index contributed by atoms with van der Waals surface area (Å²) < 4.78 is 0. The van der Waals surface area contributed by atoms with Crippen LogP contribution < -0.4 is 5.56 Å². The van der Waals surface area contributed by atoms with Crippen molar-refractivity contribution in [3.8, 4) is 5.75 Å². The number of H-pyrrole nitrogens is 1. The van der Waals surface area contributed by atoms with E-state index in [1.54, 1.807) is 18.2 Å². The number of carbonyl (C=O) groups is 1. The van der Waals surface area contributed by atoms with Crippen LogP contribution in [0.3, 0.4) is 0 Å². The average molecular weight is 187 g/mol. The molecule has 0 aliphatic heterocycles. The number of hydrogen-bond acceptors (Lipinski definition) is 3. The first-order valence-electron chi connectivity index (χ1n) is 4.13. The highest BCUT2D eigenvalue weighted by Crippen LogP contribution is 2.36. The monoisotopic (exact) mass is 187 g/mol. The Morgan fingerprint density at radius 3 is 2.79 bits per heavy atom. The fraction of sp³-hybridized carbons (Fsp3) is 0. The van der Waals surface area contributed by atoms with Crippen molar-refractivity contribution in [3.63, 3.8) is 0 Å². The quantitative estimate of drug-likeness (QED) is 0.546. The Balaban J connectivity index is 2.66. The van der Waals surface area contributed by atoms with E-state index in [0.29, 0.717) is 16.5 Å². The number of hydrogen-bond donors (Lipinski definition) is 2. The second-order valence-electron chi connectivity index (χ2n) is 3.23. The van der Waals surface area contributed by atoms with Crippen LogP contribution in [-0.2, 0) is 0 Å². The number of nitrogens with one attached hydrogen (secondary N) is 1. The van der Waals surface area contributed by atoms with Gasteiger partial charge in [0.25, 0.3) is 5.56 Å². The lowest BCUT2D eigenvalue weighted by Crippen LogP contribution is -2.20. The standard InChI is InChI=1S/C10H5NO3/c12-8-4-2-1-3-5-6(4)7(8)9(13)10(14)11-5/h1-3,13H,(H,11,14). The van der Waals surface area contributed by atoms with Crippen LogP contribution >= 0.6 is 0 Å². The lowest BCUT2D eigenvalue weighted by molar-refractivity contribution is 0.102. The lowest BCUT2D eigenvalue weighted by Gasteiger charge is -2.18. The maximum absolute atomic E-state index is 11.4. The van der Waals surface area contributed by atoms with Gasteiger partial charge in [-0.05, 0) is 6.07 Å². The molecule has 0 saturated carbocycles. The minimum absolute atomic E-state index is 0.152. The molecule has 0 amide bonds. The molecule has 1 aliphatic carbocycles. The molecule has 0 bridgehead atoms. The zero-order chi connectivity index (χ0) is 9.87. The first-order valence-corrected chi connectivity index (χ1v) is 4.13. The number of aromatic amines is 1. The van der Waals surface area contributed by atoms with Gasteiger partial charge >= 0.3 is 0 Å². The second-order valence-corrected chi connectivity index (χ2v) is 3.23. The van der Waals surface area contributed by atoms with E-state index in [1.807, 2.05) is 0 Å². The van der Waals surface area contributed by atoms with Crippen LogP contribution in [0.1, 0.15) is 15.9 Å². The Bertz CT molecular complexity index is 640. The fourth-order valence-electron chi connectivity index (χ4n) is 1.82. The minimum Gasteiger partial charge on any atom is -0.502 e. The molecule has 0 spiro atoms. The first kappa shape index (κ1) is 7.32. The number of benzene rings is 1. The normalized spacial score (nSPS) is 13.0. The minimum atomic E-state index is -0.613. The van der Waals surface area contributed by atoms with Gasteiger partial charge in [0.05, 0.1) is 11.1 Å². The highest BCUT2D eigenvalue weighted by atomic mass is 16.3. The summed E-state index contributed by atoms with van der Waals surface area (Å²) in [4.78, 5) is 25.1. The molecule has 3 rings (SSSR count). The maximum atomic E-state index is 11.4. The third-order valence-electron chi connectivity index (χ3n) is 2.49. The van der Waals surface area contributed by atoms with Crippen LogP contribution in [0.5, 0.6) is 5.75 Å². The Labute approximate surface area is 77.8 Å². The molecule has 0 fully saturated rings. The van der Waals surface area contributed by atoms with Gasteiger partial charge in [0.1, 0.15) is 0 Å². The van der Waals surface area contributed by atoms with Crippen LogP contribution in [0.15, 0.2) is 23.0 Å². The Morgan fingerprint density at radius 1 is 1.21 bits per heavy atom. The third kappa shape index (κ3) is 0.608. The molecule has 68 valence electrons. The van der Waals surface area contributed by atoms with E-state index in [2.05, 4.69) is 4.98 Å². The molecule has 0 atom stereocenters. The lowest BCUT2D eigenvalue weighted by atomic mass is 9.85. The highest BCUT2D eigenvalue weighted by molar-refractivity contribution is 6.32. The van der Waals surface area contributed by atoms with Crippen molar-refractivity contribution < 1.29 is 9.90 Å². The number of aromatic nitrogens is 1. The van der Waals surface area contributed by atoms with Crippen LogP contribution in [-0.4, -0.2) is 15.9 Å². The van der Waals surface area contributed by atoms with Crippen molar-refractivity contribution >= 4 is 16.7 Å². The number of rotatable bonds is 0. The van der Waals surface area contributed by atoms with Gasteiger partial charge in [-0.2, -0.15) is 0 Å². The van der Waals surface area contributed by atoms with Crippen molar-refractivity contribution in [1.29, 1.82) is 0 Å². The summed E-state index contributed by atoms with van der Waals surface area (Å²) in [7, 11) is 0. The Morgan fingerprint density at radius 2 is 2.00 bits per heavy atom. The van der Waals surface area contributed by atoms with E-state index in [1.165, 1.54) is 0 Å². The molecule has 0 saturated heterocycles. The Kier molecular flexibility index (Phi) is 1.06. The molecule has 0 radical (unpaired) electrons. The zero-order valence-electron chi connectivity index (χ0n) is 7.00. The van der Waals surface area contributed by atoms with E-state index < -0.39 is 11.3 Å².